The molecule has 0 atom stereocenters. The average Bonchev–Trinajstić information content (AvgIpc) is 3.25. The Bertz CT molecular complexity index is 757. The van der Waals surface area contributed by atoms with Gasteiger partial charge in [0, 0.05) is 26.2 Å². The van der Waals surface area contributed by atoms with Crippen LogP contribution in [0.4, 0.5) is 0 Å². The fourth-order valence-electron chi connectivity index (χ4n) is 6.35. The molecule has 4 bridgehead atoms. The second kappa shape index (κ2) is 7.74. The van der Waals surface area contributed by atoms with Crippen molar-refractivity contribution in [2.75, 3.05) is 32.8 Å². The third kappa shape index (κ3) is 3.69. The summed E-state index contributed by atoms with van der Waals surface area (Å²) in [5.74, 6) is 2.31. The molecule has 1 aromatic heterocycles. The standard InChI is InChI=1S/C22H28N2O4S/c25-19(23-3-5-24(6-4-23)21(26)18-2-1-7-29-18)13-28-22(27)20-16-9-14-8-15(11-16)12-17(20)10-14/h1-2,7,14-17,20H,3-6,8-13H2. The molecule has 0 spiro atoms. The maximum absolute atomic E-state index is 12.7. The number of hydrogen-bond acceptors (Lipinski definition) is 5. The first-order chi connectivity index (χ1) is 14.1. The molecule has 7 heteroatoms. The van der Waals surface area contributed by atoms with E-state index in [2.05, 4.69) is 0 Å². The fourth-order valence-corrected chi connectivity index (χ4v) is 7.04. The van der Waals surface area contributed by atoms with Gasteiger partial charge in [0.2, 0.25) is 0 Å². The van der Waals surface area contributed by atoms with Crippen molar-refractivity contribution in [1.29, 1.82) is 0 Å². The number of hydrogen-bond donors (Lipinski definition) is 0. The molecule has 1 saturated heterocycles. The number of carbonyl (C=O) groups excluding carboxylic acids is 3. The van der Waals surface area contributed by atoms with Gasteiger partial charge in [-0.25, -0.2) is 0 Å². The van der Waals surface area contributed by atoms with Crippen LogP contribution in [0.5, 0.6) is 0 Å². The van der Waals surface area contributed by atoms with Crippen molar-refractivity contribution in [3.8, 4) is 0 Å². The minimum Gasteiger partial charge on any atom is -0.455 e. The van der Waals surface area contributed by atoms with Crippen LogP contribution < -0.4 is 0 Å². The lowest BCUT2D eigenvalue weighted by atomic mass is 9.52. The van der Waals surface area contributed by atoms with E-state index in [9.17, 15) is 14.4 Å². The molecule has 29 heavy (non-hydrogen) atoms. The van der Waals surface area contributed by atoms with Crippen molar-refractivity contribution in [1.82, 2.24) is 9.80 Å². The second-order valence-corrected chi connectivity index (χ2v) is 10.2. The summed E-state index contributed by atoms with van der Waals surface area (Å²) in [6, 6.07) is 3.70. The molecular formula is C22H28N2O4S. The summed E-state index contributed by atoms with van der Waals surface area (Å²) in [7, 11) is 0. The molecule has 6 rings (SSSR count). The van der Waals surface area contributed by atoms with Crippen LogP contribution in [0.2, 0.25) is 0 Å². The van der Waals surface area contributed by atoms with Gasteiger partial charge in [-0.3, -0.25) is 14.4 Å². The summed E-state index contributed by atoms with van der Waals surface area (Å²) < 4.78 is 5.51. The highest BCUT2D eigenvalue weighted by atomic mass is 32.1. The topological polar surface area (TPSA) is 66.9 Å². The lowest BCUT2D eigenvalue weighted by Crippen LogP contribution is -2.52. The minimum atomic E-state index is -0.166. The zero-order valence-corrected chi connectivity index (χ0v) is 17.4. The molecular weight excluding hydrogens is 388 g/mol. The van der Waals surface area contributed by atoms with Crippen LogP contribution in [0.15, 0.2) is 17.5 Å². The Morgan fingerprint density at radius 2 is 1.55 bits per heavy atom. The first-order valence-corrected chi connectivity index (χ1v) is 11.7. The summed E-state index contributed by atoms with van der Waals surface area (Å²) >= 11 is 1.44. The molecule has 0 N–H and O–H groups in total. The number of amides is 2. The smallest absolute Gasteiger partial charge is 0.310 e. The van der Waals surface area contributed by atoms with Crippen LogP contribution in [0.1, 0.15) is 41.8 Å². The molecule has 0 unspecified atom stereocenters. The third-order valence-electron chi connectivity index (χ3n) is 7.49. The number of piperazine rings is 1. The Morgan fingerprint density at radius 1 is 0.931 bits per heavy atom. The largest absolute Gasteiger partial charge is 0.455 e. The Labute approximate surface area is 175 Å². The fraction of sp³-hybridized carbons (Fsp3) is 0.682. The Hall–Kier alpha value is -1.89. The second-order valence-electron chi connectivity index (χ2n) is 9.21. The average molecular weight is 417 g/mol. The van der Waals surface area contributed by atoms with Crippen LogP contribution in [-0.2, 0) is 14.3 Å². The van der Waals surface area contributed by atoms with E-state index >= 15 is 0 Å². The van der Waals surface area contributed by atoms with Gasteiger partial charge in [0.05, 0.1) is 10.8 Å². The summed E-state index contributed by atoms with van der Waals surface area (Å²) in [4.78, 5) is 41.9. The zero-order valence-electron chi connectivity index (χ0n) is 16.6. The zero-order chi connectivity index (χ0) is 20.0. The molecule has 4 aliphatic carbocycles. The molecule has 1 aromatic rings. The number of rotatable bonds is 4. The molecule has 0 radical (unpaired) electrons. The van der Waals surface area contributed by atoms with Gasteiger partial charge in [0.25, 0.3) is 11.8 Å². The molecule has 5 fully saturated rings. The van der Waals surface area contributed by atoms with E-state index in [-0.39, 0.29) is 30.3 Å². The highest BCUT2D eigenvalue weighted by Crippen LogP contribution is 2.56. The highest BCUT2D eigenvalue weighted by Gasteiger charge is 2.51. The normalized spacial score (nSPS) is 33.0. The van der Waals surface area contributed by atoms with Crippen molar-refractivity contribution in [3.05, 3.63) is 22.4 Å². The van der Waals surface area contributed by atoms with E-state index in [4.69, 9.17) is 4.74 Å². The van der Waals surface area contributed by atoms with E-state index in [1.807, 2.05) is 17.5 Å². The number of nitrogens with zero attached hydrogens (tertiary/aromatic N) is 2. The first kappa shape index (κ1) is 19.1. The Balaban J connectivity index is 1.09. The maximum Gasteiger partial charge on any atom is 0.310 e. The molecule has 6 nitrogen and oxygen atoms in total. The maximum atomic E-state index is 12.7. The van der Waals surface area contributed by atoms with Gasteiger partial charge >= 0.3 is 5.97 Å². The van der Waals surface area contributed by atoms with E-state index in [1.165, 1.54) is 43.4 Å². The van der Waals surface area contributed by atoms with Crippen molar-refractivity contribution >= 4 is 29.1 Å². The van der Waals surface area contributed by atoms with Gasteiger partial charge in [-0.05, 0) is 67.2 Å². The number of thiophene rings is 1. The van der Waals surface area contributed by atoms with E-state index in [0.717, 1.165) is 16.7 Å². The first-order valence-electron chi connectivity index (χ1n) is 10.9. The summed E-state index contributed by atoms with van der Waals surface area (Å²) in [5.41, 5.74) is 0. The van der Waals surface area contributed by atoms with Crippen molar-refractivity contribution in [2.24, 2.45) is 29.6 Å². The van der Waals surface area contributed by atoms with Crippen LogP contribution in [0.3, 0.4) is 0 Å². The van der Waals surface area contributed by atoms with Crippen LogP contribution >= 0.6 is 11.3 Å². The third-order valence-corrected chi connectivity index (χ3v) is 8.35. The van der Waals surface area contributed by atoms with Crippen molar-refractivity contribution < 1.29 is 19.1 Å². The van der Waals surface area contributed by atoms with E-state index < -0.39 is 0 Å². The van der Waals surface area contributed by atoms with Crippen LogP contribution in [0.25, 0.3) is 0 Å². The van der Waals surface area contributed by atoms with Crippen LogP contribution in [0, 0.1) is 29.6 Å². The Kier molecular flexibility index (Phi) is 5.10. The number of esters is 1. The molecule has 2 amide bonds. The Morgan fingerprint density at radius 3 is 2.14 bits per heavy atom. The van der Waals surface area contributed by atoms with Crippen molar-refractivity contribution in [2.45, 2.75) is 32.1 Å². The van der Waals surface area contributed by atoms with Gasteiger partial charge in [-0.1, -0.05) is 6.07 Å². The quantitative estimate of drug-likeness (QED) is 0.708. The number of carbonyl (C=O) groups is 3. The van der Waals surface area contributed by atoms with Crippen molar-refractivity contribution in [3.63, 3.8) is 0 Å². The van der Waals surface area contributed by atoms with Gasteiger partial charge in [0.1, 0.15) is 0 Å². The predicted octanol–water partition coefficient (Wildman–Crippen LogP) is 2.65. The SMILES string of the molecule is O=C(OCC(=O)N1CCN(C(=O)c2cccs2)CC1)C1C2CC3CC(C2)CC1C3. The summed E-state index contributed by atoms with van der Waals surface area (Å²) in [6.45, 7) is 1.86. The minimum absolute atomic E-state index is 0.0101. The highest BCUT2D eigenvalue weighted by molar-refractivity contribution is 7.12. The molecule has 2 heterocycles. The van der Waals surface area contributed by atoms with Crippen LogP contribution in [-0.4, -0.2) is 60.4 Å². The van der Waals surface area contributed by atoms with Gasteiger partial charge in [0.15, 0.2) is 6.61 Å². The monoisotopic (exact) mass is 416 g/mol. The predicted molar refractivity (Wildman–Crippen MR) is 108 cm³/mol. The van der Waals surface area contributed by atoms with E-state index in [1.54, 1.807) is 9.80 Å². The number of ether oxygens (including phenoxy) is 1. The summed E-state index contributed by atoms with van der Waals surface area (Å²) in [6.07, 6.45) is 6.03. The molecule has 156 valence electrons. The lowest BCUT2D eigenvalue weighted by Gasteiger charge is -2.53. The van der Waals surface area contributed by atoms with E-state index in [0.29, 0.717) is 38.0 Å². The lowest BCUT2D eigenvalue weighted by molar-refractivity contribution is -0.166. The molecule has 0 aromatic carbocycles. The van der Waals surface area contributed by atoms with Gasteiger partial charge in [-0.2, -0.15) is 0 Å². The summed E-state index contributed by atoms with van der Waals surface area (Å²) in [5, 5.41) is 1.89. The molecule has 5 aliphatic rings. The van der Waals surface area contributed by atoms with Gasteiger partial charge in [-0.15, -0.1) is 11.3 Å². The molecule has 4 saturated carbocycles. The van der Waals surface area contributed by atoms with Gasteiger partial charge < -0.3 is 14.5 Å². The molecule has 1 aliphatic heterocycles.